The molecule has 1 N–H and O–H groups in total. The highest BCUT2D eigenvalue weighted by molar-refractivity contribution is 5.85. The maximum Gasteiger partial charge on any atom is 0.280 e. The van der Waals surface area contributed by atoms with Crippen molar-refractivity contribution >= 4 is 11.6 Å². The van der Waals surface area contributed by atoms with Crippen molar-refractivity contribution in [2.24, 2.45) is 5.10 Å². The third-order valence-electron chi connectivity index (χ3n) is 3.66. The van der Waals surface area contributed by atoms with Crippen molar-refractivity contribution in [1.29, 1.82) is 0 Å². The number of aryl methyl sites for hydroxylation is 2. The van der Waals surface area contributed by atoms with E-state index in [1.54, 1.807) is 6.92 Å². The van der Waals surface area contributed by atoms with Gasteiger partial charge in [-0.15, -0.1) is 0 Å². The second kappa shape index (κ2) is 9.23. The molecule has 1 rings (SSSR count). The van der Waals surface area contributed by atoms with E-state index in [1.807, 2.05) is 39.0 Å². The molecule has 0 spiro atoms. The third kappa shape index (κ3) is 6.29. The molecule has 0 heterocycles. The molecule has 1 amide bonds. The fraction of sp³-hybridized carbons (Fsp3) is 0.556. The molecule has 1 atom stereocenters. The highest BCUT2D eigenvalue weighted by Crippen LogP contribution is 2.17. The van der Waals surface area contributed by atoms with E-state index in [0.29, 0.717) is 5.75 Å². The number of benzene rings is 1. The summed E-state index contributed by atoms with van der Waals surface area (Å²) in [5.74, 6) is 0.475. The fourth-order valence-electron chi connectivity index (χ4n) is 1.97. The van der Waals surface area contributed by atoms with Gasteiger partial charge in [-0.1, -0.05) is 25.8 Å². The average molecular weight is 304 g/mol. The number of rotatable bonds is 8. The highest BCUT2D eigenvalue weighted by Gasteiger charge is 2.14. The first-order valence-electron chi connectivity index (χ1n) is 8.01. The van der Waals surface area contributed by atoms with Crippen LogP contribution in [-0.2, 0) is 4.79 Å². The first-order chi connectivity index (χ1) is 10.4. The number of hydrogen-bond acceptors (Lipinski definition) is 3. The van der Waals surface area contributed by atoms with Crippen LogP contribution < -0.4 is 10.2 Å². The Balaban J connectivity index is 2.47. The van der Waals surface area contributed by atoms with Gasteiger partial charge in [-0.25, -0.2) is 5.43 Å². The number of amides is 1. The van der Waals surface area contributed by atoms with Gasteiger partial charge in [0.25, 0.3) is 5.91 Å². The zero-order chi connectivity index (χ0) is 16.5. The molecular weight excluding hydrogens is 276 g/mol. The van der Waals surface area contributed by atoms with Gasteiger partial charge in [-0.05, 0) is 63.8 Å². The lowest BCUT2D eigenvalue weighted by molar-refractivity contribution is -0.127. The summed E-state index contributed by atoms with van der Waals surface area (Å²) in [4.78, 5) is 12.0. The fourth-order valence-corrected chi connectivity index (χ4v) is 1.97. The summed E-state index contributed by atoms with van der Waals surface area (Å²) in [6, 6.07) is 5.81. The van der Waals surface area contributed by atoms with Crippen LogP contribution in [0.5, 0.6) is 5.75 Å². The van der Waals surface area contributed by atoms with E-state index in [-0.39, 0.29) is 5.91 Å². The molecule has 0 saturated carbocycles. The second-order valence-electron chi connectivity index (χ2n) is 5.79. The van der Waals surface area contributed by atoms with Gasteiger partial charge >= 0.3 is 0 Å². The lowest BCUT2D eigenvalue weighted by Gasteiger charge is -2.14. The molecule has 1 unspecified atom stereocenters. The average Bonchev–Trinajstić information content (AvgIpc) is 2.48. The minimum Gasteiger partial charge on any atom is -0.481 e. The molecule has 22 heavy (non-hydrogen) atoms. The molecule has 0 fully saturated rings. The zero-order valence-electron chi connectivity index (χ0n) is 14.4. The van der Waals surface area contributed by atoms with Gasteiger partial charge in [-0.3, -0.25) is 4.79 Å². The molecule has 0 aliphatic carbocycles. The van der Waals surface area contributed by atoms with Gasteiger partial charge < -0.3 is 4.74 Å². The van der Waals surface area contributed by atoms with E-state index in [2.05, 4.69) is 17.5 Å². The van der Waals surface area contributed by atoms with Crippen LogP contribution in [0.25, 0.3) is 0 Å². The van der Waals surface area contributed by atoms with Crippen molar-refractivity contribution in [1.82, 2.24) is 5.43 Å². The Hall–Kier alpha value is -1.84. The number of nitrogens with one attached hydrogen (secondary N) is 1. The predicted molar refractivity (Wildman–Crippen MR) is 91.4 cm³/mol. The lowest BCUT2D eigenvalue weighted by Crippen LogP contribution is -2.33. The van der Waals surface area contributed by atoms with Crippen LogP contribution in [0.1, 0.15) is 57.6 Å². The van der Waals surface area contributed by atoms with Gasteiger partial charge in [0.15, 0.2) is 6.10 Å². The number of hydrazone groups is 1. The molecule has 0 aliphatic rings. The van der Waals surface area contributed by atoms with E-state index in [0.717, 1.165) is 24.1 Å². The Morgan fingerprint density at radius 1 is 1.27 bits per heavy atom. The molecule has 1 aromatic rings. The SMILES string of the molecule is CCCCC/C(C)=N/NC(=O)C(C)Oc1ccc(C)c(C)c1. The quantitative estimate of drug-likeness (QED) is 0.446. The standard InChI is InChI=1S/C18H28N2O2/c1-6-7-8-9-15(4)19-20-18(21)16(5)22-17-11-10-13(2)14(3)12-17/h10-12,16H,6-9H2,1-5H3,(H,20,21)/b19-15+. The van der Waals surface area contributed by atoms with Crippen LogP contribution in [0.3, 0.4) is 0 Å². The van der Waals surface area contributed by atoms with Crippen molar-refractivity contribution < 1.29 is 9.53 Å². The molecule has 1 aromatic carbocycles. The maximum absolute atomic E-state index is 12.0. The van der Waals surface area contributed by atoms with Crippen LogP contribution in [0.4, 0.5) is 0 Å². The third-order valence-corrected chi connectivity index (χ3v) is 3.66. The summed E-state index contributed by atoms with van der Waals surface area (Å²) < 4.78 is 5.66. The molecular formula is C18H28N2O2. The summed E-state index contributed by atoms with van der Waals surface area (Å²) in [5.41, 5.74) is 5.88. The van der Waals surface area contributed by atoms with Gasteiger partial charge in [-0.2, -0.15) is 5.10 Å². The Morgan fingerprint density at radius 3 is 2.64 bits per heavy atom. The van der Waals surface area contributed by atoms with Crippen molar-refractivity contribution in [3.63, 3.8) is 0 Å². The second-order valence-corrected chi connectivity index (χ2v) is 5.79. The number of nitrogens with zero attached hydrogens (tertiary/aromatic N) is 1. The van der Waals surface area contributed by atoms with Gasteiger partial charge in [0.1, 0.15) is 5.75 Å². The zero-order valence-corrected chi connectivity index (χ0v) is 14.4. The summed E-state index contributed by atoms with van der Waals surface area (Å²) >= 11 is 0. The van der Waals surface area contributed by atoms with Crippen molar-refractivity contribution in [3.8, 4) is 5.75 Å². The Morgan fingerprint density at radius 2 is 2.00 bits per heavy atom. The molecule has 0 saturated heterocycles. The largest absolute Gasteiger partial charge is 0.481 e. The van der Waals surface area contributed by atoms with E-state index in [1.165, 1.54) is 18.4 Å². The first kappa shape index (κ1) is 18.2. The van der Waals surface area contributed by atoms with Gasteiger partial charge in [0.05, 0.1) is 0 Å². The Kier molecular flexibility index (Phi) is 7.64. The van der Waals surface area contributed by atoms with Gasteiger partial charge in [0, 0.05) is 5.71 Å². The summed E-state index contributed by atoms with van der Waals surface area (Å²) in [6.45, 7) is 9.90. The monoisotopic (exact) mass is 304 g/mol. The highest BCUT2D eigenvalue weighted by atomic mass is 16.5. The van der Waals surface area contributed by atoms with Crippen LogP contribution in [-0.4, -0.2) is 17.7 Å². The molecule has 4 heteroatoms. The minimum absolute atomic E-state index is 0.229. The van der Waals surface area contributed by atoms with E-state index >= 15 is 0 Å². The maximum atomic E-state index is 12.0. The predicted octanol–water partition coefficient (Wildman–Crippen LogP) is 4.14. The Bertz CT molecular complexity index is 524. The van der Waals surface area contributed by atoms with Crippen molar-refractivity contribution in [3.05, 3.63) is 29.3 Å². The summed E-state index contributed by atoms with van der Waals surface area (Å²) in [7, 11) is 0. The Labute approximate surface area is 134 Å². The minimum atomic E-state index is -0.575. The smallest absolute Gasteiger partial charge is 0.280 e. The van der Waals surface area contributed by atoms with Crippen LogP contribution in [0.2, 0.25) is 0 Å². The molecule has 0 bridgehead atoms. The van der Waals surface area contributed by atoms with E-state index < -0.39 is 6.10 Å². The molecule has 122 valence electrons. The molecule has 0 radical (unpaired) electrons. The van der Waals surface area contributed by atoms with E-state index in [9.17, 15) is 4.79 Å². The van der Waals surface area contributed by atoms with Crippen LogP contribution in [0.15, 0.2) is 23.3 Å². The topological polar surface area (TPSA) is 50.7 Å². The number of carbonyl (C=O) groups is 1. The van der Waals surface area contributed by atoms with Crippen molar-refractivity contribution in [2.75, 3.05) is 0 Å². The van der Waals surface area contributed by atoms with Crippen LogP contribution in [0, 0.1) is 13.8 Å². The number of carbonyl (C=O) groups excluding carboxylic acids is 1. The van der Waals surface area contributed by atoms with E-state index in [4.69, 9.17) is 4.74 Å². The summed E-state index contributed by atoms with van der Waals surface area (Å²) in [5, 5.41) is 4.13. The number of hydrogen-bond donors (Lipinski definition) is 1. The molecule has 0 aliphatic heterocycles. The van der Waals surface area contributed by atoms with Gasteiger partial charge in [0.2, 0.25) is 0 Å². The number of unbranched alkanes of at least 4 members (excludes halogenated alkanes) is 2. The normalized spacial score (nSPS) is 12.9. The first-order valence-corrected chi connectivity index (χ1v) is 8.01. The van der Waals surface area contributed by atoms with Crippen LogP contribution >= 0.6 is 0 Å². The lowest BCUT2D eigenvalue weighted by atomic mass is 10.1. The molecule has 4 nitrogen and oxygen atoms in total. The molecule has 0 aromatic heterocycles. The summed E-state index contributed by atoms with van der Waals surface area (Å²) in [6.07, 6.45) is 3.82. The van der Waals surface area contributed by atoms with Crippen molar-refractivity contribution in [2.45, 2.75) is 66.4 Å². The number of ether oxygens (including phenoxy) is 1.